The Balaban J connectivity index is 0.000000569. The molecule has 0 saturated carbocycles. The van der Waals surface area contributed by atoms with Crippen LogP contribution in [-0.4, -0.2) is 17.1 Å². The van der Waals surface area contributed by atoms with Crippen molar-refractivity contribution in [2.24, 2.45) is 0 Å². The van der Waals surface area contributed by atoms with Crippen molar-refractivity contribution in [3.05, 3.63) is 66.9 Å². The van der Waals surface area contributed by atoms with Crippen LogP contribution in [0.1, 0.15) is 0 Å². The van der Waals surface area contributed by atoms with E-state index in [0.717, 1.165) is 51.9 Å². The summed E-state index contributed by atoms with van der Waals surface area (Å²) in [5, 5.41) is 2.21. The third kappa shape index (κ3) is 4.05. The van der Waals surface area contributed by atoms with Gasteiger partial charge in [-0.25, -0.2) is 4.98 Å². The molecule has 131 valence electrons. The quantitative estimate of drug-likeness (QED) is 0.302. The topological polar surface area (TPSA) is 35.0 Å². The van der Waals surface area contributed by atoms with Gasteiger partial charge in [-0.1, -0.05) is 24.3 Å². The first-order valence-electron chi connectivity index (χ1n) is 7.37. The second kappa shape index (κ2) is 8.50. The summed E-state index contributed by atoms with van der Waals surface area (Å²) in [7, 11) is 11.0. The average molecular weight is 421 g/mol. The Hall–Kier alpha value is -1.84. The molecule has 3 nitrogen and oxygen atoms in total. The molecule has 0 aliphatic carbocycles. The molecule has 4 aromatic rings. The van der Waals surface area contributed by atoms with Gasteiger partial charge in [0.15, 0.2) is 0 Å². The van der Waals surface area contributed by atoms with Crippen LogP contribution in [0.15, 0.2) is 66.9 Å². The van der Waals surface area contributed by atoms with E-state index in [1.54, 1.807) is 7.11 Å². The van der Waals surface area contributed by atoms with Crippen LogP contribution in [0.4, 0.5) is 0 Å². The molecule has 0 spiro atoms. The molecule has 0 radical (unpaired) electrons. The average Bonchev–Trinajstić information content (AvgIpc) is 2.68. The van der Waals surface area contributed by atoms with Gasteiger partial charge in [-0.05, 0) is 36.4 Å². The molecule has 0 saturated heterocycles. The fourth-order valence-electron chi connectivity index (χ4n) is 2.65. The summed E-state index contributed by atoms with van der Waals surface area (Å²) in [4.78, 5) is 9.31. The van der Waals surface area contributed by atoms with Gasteiger partial charge in [-0.15, -0.1) is 0 Å². The Morgan fingerprint density at radius 1 is 0.840 bits per heavy atom. The van der Waals surface area contributed by atoms with Crippen LogP contribution in [0.25, 0.3) is 33.1 Å². The summed E-state index contributed by atoms with van der Waals surface area (Å²) in [6.07, 6.45) is 1.81. The van der Waals surface area contributed by atoms with Crippen LogP contribution in [0, 0.1) is 0 Å². The summed E-state index contributed by atoms with van der Waals surface area (Å²) in [6, 6.07) is 20.2. The van der Waals surface area contributed by atoms with E-state index in [2.05, 4.69) is 49.4 Å². The molecule has 6 heteroatoms. The molecule has 0 bridgehead atoms. The number of aromatic nitrogens is 2. The molecule has 2 aromatic heterocycles. The summed E-state index contributed by atoms with van der Waals surface area (Å²) in [5.74, 6) is 0.844. The van der Waals surface area contributed by atoms with Gasteiger partial charge in [-0.3, -0.25) is 4.98 Å². The Bertz CT molecular complexity index is 993. The van der Waals surface area contributed by atoms with E-state index < -0.39 is 0 Å². The molecular formula is C19H14Cl2CuN2O. The zero-order chi connectivity index (χ0) is 17.6. The van der Waals surface area contributed by atoms with Gasteiger partial charge in [0.05, 0.1) is 23.8 Å². The molecule has 2 heterocycles. The van der Waals surface area contributed by atoms with Gasteiger partial charge < -0.3 is 4.74 Å². The third-order valence-corrected chi connectivity index (χ3v) is 3.82. The second-order valence-electron chi connectivity index (χ2n) is 5.18. The summed E-state index contributed by atoms with van der Waals surface area (Å²) in [5.41, 5.74) is 3.88. The summed E-state index contributed by atoms with van der Waals surface area (Å²) >= 11 is 0.757. The van der Waals surface area contributed by atoms with Crippen molar-refractivity contribution < 1.29 is 17.9 Å². The monoisotopic (exact) mass is 419 g/mol. The number of pyridine rings is 2. The third-order valence-electron chi connectivity index (χ3n) is 3.82. The van der Waals surface area contributed by atoms with Gasteiger partial charge in [0.25, 0.3) is 0 Å². The van der Waals surface area contributed by atoms with Gasteiger partial charge in [0.1, 0.15) is 5.75 Å². The minimum atomic E-state index is 0.757. The number of fused-ring (bicyclic) bond motifs is 3. The predicted molar refractivity (Wildman–Crippen MR) is 101 cm³/mol. The van der Waals surface area contributed by atoms with Crippen molar-refractivity contribution in [1.82, 2.24) is 9.97 Å². The van der Waals surface area contributed by atoms with Crippen molar-refractivity contribution in [2.75, 3.05) is 7.11 Å². The molecule has 25 heavy (non-hydrogen) atoms. The van der Waals surface area contributed by atoms with Crippen LogP contribution in [0.5, 0.6) is 5.75 Å². The van der Waals surface area contributed by atoms with Crippen LogP contribution >= 0.6 is 20.2 Å². The molecular weight excluding hydrogens is 407 g/mol. The van der Waals surface area contributed by atoms with Gasteiger partial charge in [0.2, 0.25) is 0 Å². The predicted octanol–water partition coefficient (Wildman–Crippen LogP) is 5.84. The molecule has 0 unspecified atom stereocenters. The fourth-order valence-corrected chi connectivity index (χ4v) is 2.65. The Kier molecular flexibility index (Phi) is 6.11. The SMILES string of the molecule is COc1ccc(-c2ccc3ccc4cccnc4c3n2)cc1.[Cl][Cu][Cl]. The van der Waals surface area contributed by atoms with E-state index in [1.165, 1.54) is 0 Å². The van der Waals surface area contributed by atoms with E-state index in [4.69, 9.17) is 9.72 Å². The Morgan fingerprint density at radius 3 is 2.16 bits per heavy atom. The molecule has 4 rings (SSSR count). The zero-order valence-corrected chi connectivity index (χ0v) is 15.7. The van der Waals surface area contributed by atoms with Crippen LogP contribution < -0.4 is 4.74 Å². The molecule has 0 atom stereocenters. The van der Waals surface area contributed by atoms with Crippen molar-refractivity contribution in [3.63, 3.8) is 0 Å². The van der Waals surface area contributed by atoms with Crippen molar-refractivity contribution in [2.45, 2.75) is 0 Å². The van der Waals surface area contributed by atoms with Crippen molar-refractivity contribution in [3.8, 4) is 17.0 Å². The molecule has 2 aromatic carbocycles. The van der Waals surface area contributed by atoms with E-state index in [9.17, 15) is 0 Å². The standard InChI is InChI=1S/C19H14N2O.2ClH.Cu/c1-22-16-9-6-13(7-10-16)17-11-8-15-5-4-14-3-2-12-20-18(14)19(15)21-17;;;/h2-12H,1H3;2*1H;/q;;;+2/p-2. The first-order valence-corrected chi connectivity index (χ1v) is 9.96. The Labute approximate surface area is 160 Å². The number of halogens is 2. The fraction of sp³-hybridized carbons (Fsp3) is 0.0526. The van der Waals surface area contributed by atoms with Gasteiger partial charge >= 0.3 is 33.3 Å². The maximum absolute atomic E-state index is 5.20. The van der Waals surface area contributed by atoms with E-state index >= 15 is 0 Å². The minimum absolute atomic E-state index is 0.757. The number of hydrogen-bond donors (Lipinski definition) is 0. The van der Waals surface area contributed by atoms with Crippen LogP contribution in [0.2, 0.25) is 0 Å². The van der Waals surface area contributed by atoms with Crippen molar-refractivity contribution in [1.29, 1.82) is 0 Å². The zero-order valence-electron chi connectivity index (χ0n) is 13.2. The first-order chi connectivity index (χ1) is 12.3. The Morgan fingerprint density at radius 2 is 1.48 bits per heavy atom. The number of benzene rings is 2. The molecule has 0 fully saturated rings. The van der Waals surface area contributed by atoms with Gasteiger partial charge in [-0.2, -0.15) is 0 Å². The first kappa shape index (κ1) is 18.0. The maximum atomic E-state index is 5.20. The number of methoxy groups -OCH3 is 1. The van der Waals surface area contributed by atoms with E-state index in [-0.39, 0.29) is 0 Å². The van der Waals surface area contributed by atoms with Gasteiger partial charge in [0, 0.05) is 22.5 Å². The van der Waals surface area contributed by atoms with Crippen LogP contribution in [-0.2, 0) is 13.1 Å². The second-order valence-corrected chi connectivity index (χ2v) is 6.74. The van der Waals surface area contributed by atoms with E-state index in [1.807, 2.05) is 42.6 Å². The number of ether oxygens (including phenoxy) is 1. The summed E-state index contributed by atoms with van der Waals surface area (Å²) in [6.45, 7) is 0. The molecule has 0 amide bonds. The number of hydrogen-bond acceptors (Lipinski definition) is 3. The normalized spacial score (nSPS) is 10.5. The summed E-state index contributed by atoms with van der Waals surface area (Å²) < 4.78 is 5.20. The molecule has 0 N–H and O–H groups in total. The molecule has 0 aliphatic heterocycles. The number of rotatable bonds is 2. The van der Waals surface area contributed by atoms with Crippen molar-refractivity contribution >= 4 is 42.0 Å². The number of nitrogens with zero attached hydrogens (tertiary/aromatic N) is 2. The van der Waals surface area contributed by atoms with E-state index in [0.29, 0.717) is 0 Å². The van der Waals surface area contributed by atoms with Crippen LogP contribution in [0.3, 0.4) is 0 Å². The molecule has 0 aliphatic rings.